The van der Waals surface area contributed by atoms with Gasteiger partial charge < -0.3 is 15.0 Å². The van der Waals surface area contributed by atoms with Gasteiger partial charge in [0.25, 0.3) is 0 Å². The van der Waals surface area contributed by atoms with E-state index in [2.05, 4.69) is 5.32 Å². The van der Waals surface area contributed by atoms with E-state index in [0.717, 1.165) is 31.5 Å². The number of amides is 1. The molecule has 23 heavy (non-hydrogen) atoms. The number of benzene rings is 1. The van der Waals surface area contributed by atoms with Crippen LogP contribution in [0.15, 0.2) is 18.2 Å². The van der Waals surface area contributed by atoms with Crippen LogP contribution in [0.25, 0.3) is 0 Å². The van der Waals surface area contributed by atoms with Crippen molar-refractivity contribution in [3.63, 3.8) is 0 Å². The maximum Gasteiger partial charge on any atom is 0.222 e. The normalized spacial score (nSPS) is 23.1. The van der Waals surface area contributed by atoms with E-state index >= 15 is 0 Å². The van der Waals surface area contributed by atoms with Gasteiger partial charge >= 0.3 is 0 Å². The Bertz CT molecular complexity index is 555. The third-order valence-corrected chi connectivity index (χ3v) is 4.72. The summed E-state index contributed by atoms with van der Waals surface area (Å²) in [4.78, 5) is 14.4. The molecule has 0 aromatic heterocycles. The Morgan fingerprint density at radius 2 is 2.13 bits per heavy atom. The Morgan fingerprint density at radius 3 is 2.87 bits per heavy atom. The third-order valence-electron chi connectivity index (χ3n) is 4.72. The second-order valence-corrected chi connectivity index (χ2v) is 6.24. The van der Waals surface area contributed by atoms with E-state index in [4.69, 9.17) is 4.74 Å². The first-order chi connectivity index (χ1) is 10.7. The number of ether oxygens (including phenoxy) is 1. The van der Waals surface area contributed by atoms with Crippen LogP contribution < -0.4 is 10.1 Å². The maximum absolute atomic E-state index is 13.7. The lowest BCUT2D eigenvalue weighted by Gasteiger charge is -2.24. The SMILES string of the molecule is COc1ccc(CCC(=O)N2CCC3CCC(C2)N3)cc1F.Cl. The zero-order valence-electron chi connectivity index (χ0n) is 13.4. The first-order valence-electron chi connectivity index (χ1n) is 8.02. The zero-order valence-corrected chi connectivity index (χ0v) is 14.2. The average Bonchev–Trinajstić information content (AvgIpc) is 2.84. The summed E-state index contributed by atoms with van der Waals surface area (Å²) in [5, 5.41) is 3.57. The minimum atomic E-state index is -0.372. The number of hydrogen-bond donors (Lipinski definition) is 1. The van der Waals surface area contributed by atoms with E-state index in [9.17, 15) is 9.18 Å². The minimum Gasteiger partial charge on any atom is -0.494 e. The second-order valence-electron chi connectivity index (χ2n) is 6.24. The molecule has 2 unspecified atom stereocenters. The predicted molar refractivity (Wildman–Crippen MR) is 89.7 cm³/mol. The molecular formula is C17H24ClFN2O2. The highest BCUT2D eigenvalue weighted by Crippen LogP contribution is 2.22. The summed E-state index contributed by atoms with van der Waals surface area (Å²) in [5.41, 5.74) is 0.834. The smallest absolute Gasteiger partial charge is 0.222 e. The molecule has 6 heteroatoms. The number of carbonyl (C=O) groups excluding carboxylic acids is 1. The van der Waals surface area contributed by atoms with Gasteiger partial charge in [0.15, 0.2) is 11.6 Å². The van der Waals surface area contributed by atoms with E-state index < -0.39 is 0 Å². The molecule has 2 aliphatic heterocycles. The largest absolute Gasteiger partial charge is 0.494 e. The van der Waals surface area contributed by atoms with Gasteiger partial charge in [-0.05, 0) is 43.4 Å². The van der Waals surface area contributed by atoms with Gasteiger partial charge in [-0.15, -0.1) is 12.4 Å². The van der Waals surface area contributed by atoms with E-state index in [1.807, 2.05) is 11.0 Å². The lowest BCUT2D eigenvalue weighted by Crippen LogP contribution is -2.39. The number of hydrogen-bond acceptors (Lipinski definition) is 3. The van der Waals surface area contributed by atoms with Gasteiger partial charge in [0.05, 0.1) is 7.11 Å². The number of nitrogens with one attached hydrogen (secondary N) is 1. The van der Waals surface area contributed by atoms with Gasteiger partial charge in [-0.25, -0.2) is 4.39 Å². The van der Waals surface area contributed by atoms with Gasteiger partial charge in [0, 0.05) is 31.6 Å². The van der Waals surface area contributed by atoms with Crippen molar-refractivity contribution >= 4 is 18.3 Å². The highest BCUT2D eigenvalue weighted by atomic mass is 35.5. The summed E-state index contributed by atoms with van der Waals surface area (Å²) in [6, 6.07) is 5.93. The fraction of sp³-hybridized carbons (Fsp3) is 0.588. The maximum atomic E-state index is 13.7. The summed E-state index contributed by atoms with van der Waals surface area (Å²) >= 11 is 0. The molecule has 0 saturated carbocycles. The van der Waals surface area contributed by atoms with Gasteiger partial charge in [-0.1, -0.05) is 6.07 Å². The van der Waals surface area contributed by atoms with Crippen LogP contribution in [-0.2, 0) is 11.2 Å². The molecule has 2 aliphatic rings. The summed E-state index contributed by atoms with van der Waals surface area (Å²) in [6.07, 6.45) is 4.44. The second kappa shape index (κ2) is 7.97. The minimum absolute atomic E-state index is 0. The molecule has 2 saturated heterocycles. The molecule has 1 N–H and O–H groups in total. The number of halogens is 2. The van der Waals surface area contributed by atoms with Gasteiger partial charge in [0.2, 0.25) is 5.91 Å². The van der Waals surface area contributed by atoms with Crippen molar-refractivity contribution in [3.05, 3.63) is 29.6 Å². The molecule has 1 amide bonds. The first kappa shape index (κ1) is 18.0. The number of rotatable bonds is 4. The standard InChI is InChI=1S/C17H23FN2O2.ClH/c1-22-16-6-2-12(10-15(16)18)3-7-17(21)20-9-8-13-4-5-14(11-20)19-13;/h2,6,10,13-14,19H,3-5,7-9,11H2,1H3;1H. The van der Waals surface area contributed by atoms with Crippen molar-refractivity contribution in [1.82, 2.24) is 10.2 Å². The fourth-order valence-electron chi connectivity index (χ4n) is 3.44. The number of methoxy groups -OCH3 is 1. The van der Waals surface area contributed by atoms with Crippen LogP contribution in [0.5, 0.6) is 5.75 Å². The van der Waals surface area contributed by atoms with Crippen LogP contribution in [0.2, 0.25) is 0 Å². The molecule has 3 rings (SSSR count). The highest BCUT2D eigenvalue weighted by molar-refractivity contribution is 5.85. The zero-order chi connectivity index (χ0) is 15.5. The van der Waals surface area contributed by atoms with Crippen LogP contribution >= 0.6 is 12.4 Å². The molecule has 2 bridgehead atoms. The van der Waals surface area contributed by atoms with Crippen molar-refractivity contribution in [2.45, 2.75) is 44.2 Å². The molecule has 2 atom stereocenters. The van der Waals surface area contributed by atoms with Gasteiger partial charge in [0.1, 0.15) is 0 Å². The van der Waals surface area contributed by atoms with Crippen LogP contribution in [0, 0.1) is 5.82 Å². The van der Waals surface area contributed by atoms with Crippen LogP contribution in [0.1, 0.15) is 31.2 Å². The molecule has 2 heterocycles. The Hall–Kier alpha value is -1.33. The number of fused-ring (bicyclic) bond motifs is 2. The molecule has 0 spiro atoms. The molecule has 128 valence electrons. The number of likely N-dealkylation sites (tertiary alicyclic amines) is 1. The fourth-order valence-corrected chi connectivity index (χ4v) is 3.44. The number of carbonyl (C=O) groups is 1. The van der Waals surface area contributed by atoms with Crippen LogP contribution in [0.3, 0.4) is 0 Å². The number of aryl methyl sites for hydroxylation is 1. The molecule has 0 radical (unpaired) electrons. The van der Waals surface area contributed by atoms with E-state index in [0.29, 0.717) is 24.9 Å². The Balaban J connectivity index is 0.00000192. The lowest BCUT2D eigenvalue weighted by molar-refractivity contribution is -0.131. The number of nitrogens with zero attached hydrogens (tertiary/aromatic N) is 1. The van der Waals surface area contributed by atoms with E-state index in [-0.39, 0.29) is 29.9 Å². The van der Waals surface area contributed by atoms with E-state index in [1.165, 1.54) is 19.6 Å². The van der Waals surface area contributed by atoms with Crippen molar-refractivity contribution in [2.75, 3.05) is 20.2 Å². The van der Waals surface area contributed by atoms with Crippen LogP contribution in [-0.4, -0.2) is 43.1 Å². The molecular weight excluding hydrogens is 319 g/mol. The molecule has 4 nitrogen and oxygen atoms in total. The summed E-state index contributed by atoms with van der Waals surface area (Å²) < 4.78 is 18.6. The van der Waals surface area contributed by atoms with Crippen molar-refractivity contribution < 1.29 is 13.9 Å². The molecule has 2 fully saturated rings. The molecule has 1 aromatic rings. The average molecular weight is 343 g/mol. The lowest BCUT2D eigenvalue weighted by atomic mass is 10.1. The monoisotopic (exact) mass is 342 g/mol. The van der Waals surface area contributed by atoms with Crippen molar-refractivity contribution in [1.29, 1.82) is 0 Å². The van der Waals surface area contributed by atoms with Crippen LogP contribution in [0.4, 0.5) is 4.39 Å². The topological polar surface area (TPSA) is 41.6 Å². The third kappa shape index (κ3) is 4.36. The summed E-state index contributed by atoms with van der Waals surface area (Å²) in [6.45, 7) is 1.65. The summed E-state index contributed by atoms with van der Waals surface area (Å²) in [7, 11) is 1.45. The Morgan fingerprint density at radius 1 is 1.35 bits per heavy atom. The predicted octanol–water partition coefficient (Wildman–Crippen LogP) is 2.54. The van der Waals surface area contributed by atoms with E-state index in [1.54, 1.807) is 6.07 Å². The highest BCUT2D eigenvalue weighted by Gasteiger charge is 2.30. The Kier molecular flexibility index (Phi) is 6.25. The summed E-state index contributed by atoms with van der Waals surface area (Å²) in [5.74, 6) is 0.0407. The van der Waals surface area contributed by atoms with Gasteiger partial charge in [-0.2, -0.15) is 0 Å². The quantitative estimate of drug-likeness (QED) is 0.914. The van der Waals surface area contributed by atoms with Crippen molar-refractivity contribution in [3.8, 4) is 5.75 Å². The Labute approximate surface area is 142 Å². The van der Waals surface area contributed by atoms with Gasteiger partial charge in [-0.3, -0.25) is 4.79 Å². The molecule has 1 aromatic carbocycles. The van der Waals surface area contributed by atoms with Crippen molar-refractivity contribution in [2.24, 2.45) is 0 Å². The first-order valence-corrected chi connectivity index (χ1v) is 8.02. The molecule has 0 aliphatic carbocycles.